The Labute approximate surface area is 141 Å². The maximum absolute atomic E-state index is 14.0. The highest BCUT2D eigenvalue weighted by Gasteiger charge is 2.26. The standard InChI is InChI=1S/C18H22FN3O2/c1-2-24-13-14-7-10-22(12-14)18(23)20-15-5-6-16(19)17(11-15)21-8-3-4-9-21/h3-6,8-9,11,14H,2,7,10,12-13H2,1H3,(H,20,23). The molecule has 1 aliphatic rings. The number of benzene rings is 1. The third-order valence-electron chi connectivity index (χ3n) is 4.21. The minimum Gasteiger partial charge on any atom is -0.381 e. The van der Waals surface area contributed by atoms with E-state index in [4.69, 9.17) is 4.74 Å². The van der Waals surface area contributed by atoms with Crippen molar-refractivity contribution in [1.29, 1.82) is 0 Å². The Balaban J connectivity index is 1.64. The van der Waals surface area contributed by atoms with E-state index in [9.17, 15) is 9.18 Å². The van der Waals surface area contributed by atoms with Crippen LogP contribution in [0.5, 0.6) is 0 Å². The summed E-state index contributed by atoms with van der Waals surface area (Å²) >= 11 is 0. The van der Waals surface area contributed by atoms with Crippen LogP contribution in [-0.4, -0.2) is 41.8 Å². The molecule has 0 radical (unpaired) electrons. The van der Waals surface area contributed by atoms with Crippen molar-refractivity contribution in [2.45, 2.75) is 13.3 Å². The van der Waals surface area contributed by atoms with Crippen LogP contribution in [0.2, 0.25) is 0 Å². The van der Waals surface area contributed by atoms with E-state index in [-0.39, 0.29) is 11.8 Å². The van der Waals surface area contributed by atoms with Gasteiger partial charge in [-0.05, 0) is 43.7 Å². The first-order chi connectivity index (χ1) is 11.7. The maximum Gasteiger partial charge on any atom is 0.321 e. The highest BCUT2D eigenvalue weighted by molar-refractivity contribution is 5.89. The summed E-state index contributed by atoms with van der Waals surface area (Å²) < 4.78 is 21.1. The number of nitrogens with one attached hydrogen (secondary N) is 1. The number of ether oxygens (including phenoxy) is 1. The van der Waals surface area contributed by atoms with Gasteiger partial charge in [0.05, 0.1) is 12.3 Å². The number of anilines is 1. The SMILES string of the molecule is CCOCC1CCN(C(=O)Nc2ccc(F)c(-n3cccc3)c2)C1. The topological polar surface area (TPSA) is 46.5 Å². The molecule has 0 saturated carbocycles. The number of hydrogen-bond donors (Lipinski definition) is 1. The fourth-order valence-electron chi connectivity index (χ4n) is 2.92. The molecule has 128 valence electrons. The number of urea groups is 1. The molecule has 24 heavy (non-hydrogen) atoms. The van der Waals surface area contributed by atoms with E-state index in [1.54, 1.807) is 34.0 Å². The number of likely N-dealkylation sites (tertiary alicyclic amines) is 1. The predicted octanol–water partition coefficient (Wildman–Crippen LogP) is 3.51. The molecular weight excluding hydrogens is 309 g/mol. The molecule has 1 aromatic heterocycles. The molecule has 5 nitrogen and oxygen atoms in total. The van der Waals surface area contributed by atoms with E-state index in [1.165, 1.54) is 6.07 Å². The van der Waals surface area contributed by atoms with Crippen molar-refractivity contribution in [2.24, 2.45) is 5.92 Å². The van der Waals surface area contributed by atoms with E-state index in [0.29, 0.717) is 37.1 Å². The van der Waals surface area contributed by atoms with Crippen LogP contribution in [0.15, 0.2) is 42.7 Å². The van der Waals surface area contributed by atoms with Gasteiger partial charge in [0.2, 0.25) is 0 Å². The average molecular weight is 331 g/mol. The Morgan fingerprint density at radius 2 is 2.17 bits per heavy atom. The number of aromatic nitrogens is 1. The van der Waals surface area contributed by atoms with Crippen LogP contribution in [0.3, 0.4) is 0 Å². The highest BCUT2D eigenvalue weighted by atomic mass is 19.1. The lowest BCUT2D eigenvalue weighted by molar-refractivity contribution is 0.113. The number of rotatable bonds is 5. The van der Waals surface area contributed by atoms with Crippen molar-refractivity contribution in [3.05, 3.63) is 48.5 Å². The summed E-state index contributed by atoms with van der Waals surface area (Å²) in [6.07, 6.45) is 4.48. The highest BCUT2D eigenvalue weighted by Crippen LogP contribution is 2.21. The van der Waals surface area contributed by atoms with E-state index in [0.717, 1.165) is 13.0 Å². The van der Waals surface area contributed by atoms with Crippen LogP contribution in [0.1, 0.15) is 13.3 Å². The van der Waals surface area contributed by atoms with Gasteiger partial charge < -0.3 is 19.5 Å². The Morgan fingerprint density at radius 1 is 1.38 bits per heavy atom. The minimum absolute atomic E-state index is 0.154. The van der Waals surface area contributed by atoms with E-state index in [2.05, 4.69) is 5.32 Å². The summed E-state index contributed by atoms with van der Waals surface area (Å²) in [6, 6.07) is 8.09. The summed E-state index contributed by atoms with van der Waals surface area (Å²) in [5.74, 6) is 0.0569. The Morgan fingerprint density at radius 3 is 2.92 bits per heavy atom. The Hall–Kier alpha value is -2.34. The molecule has 1 N–H and O–H groups in total. The fraction of sp³-hybridized carbons (Fsp3) is 0.389. The average Bonchev–Trinajstić information content (AvgIpc) is 3.26. The summed E-state index contributed by atoms with van der Waals surface area (Å²) in [5.41, 5.74) is 0.992. The van der Waals surface area contributed by atoms with Crippen LogP contribution in [0.25, 0.3) is 5.69 Å². The summed E-state index contributed by atoms with van der Waals surface area (Å²) in [7, 11) is 0. The number of carbonyl (C=O) groups is 1. The second-order valence-electron chi connectivity index (χ2n) is 5.95. The van der Waals surface area contributed by atoms with E-state index < -0.39 is 0 Å². The third-order valence-corrected chi connectivity index (χ3v) is 4.21. The third kappa shape index (κ3) is 3.76. The molecular formula is C18H22FN3O2. The molecule has 2 aromatic rings. The first kappa shape index (κ1) is 16.5. The van der Waals surface area contributed by atoms with Gasteiger partial charge in [0.25, 0.3) is 0 Å². The molecule has 0 spiro atoms. The van der Waals surface area contributed by atoms with E-state index in [1.807, 2.05) is 19.1 Å². The molecule has 2 amide bonds. The zero-order valence-electron chi connectivity index (χ0n) is 13.7. The molecule has 0 bridgehead atoms. The lowest BCUT2D eigenvalue weighted by Crippen LogP contribution is -2.33. The number of amides is 2. The molecule has 1 saturated heterocycles. The summed E-state index contributed by atoms with van der Waals surface area (Å²) in [6.45, 7) is 4.76. The minimum atomic E-state index is -0.331. The Bertz CT molecular complexity index is 688. The zero-order valence-corrected chi connectivity index (χ0v) is 13.7. The van der Waals surface area contributed by atoms with Gasteiger partial charge in [0, 0.05) is 43.7 Å². The smallest absolute Gasteiger partial charge is 0.321 e. The first-order valence-corrected chi connectivity index (χ1v) is 8.24. The molecule has 1 atom stereocenters. The number of carbonyl (C=O) groups excluding carboxylic acids is 1. The molecule has 0 aliphatic carbocycles. The lowest BCUT2D eigenvalue weighted by Gasteiger charge is -2.18. The summed E-state index contributed by atoms with van der Waals surface area (Å²) in [4.78, 5) is 14.2. The van der Waals surface area contributed by atoms with Crippen molar-refractivity contribution in [3.8, 4) is 5.69 Å². The monoisotopic (exact) mass is 331 g/mol. The second kappa shape index (κ2) is 7.49. The van der Waals surface area contributed by atoms with Gasteiger partial charge in [-0.2, -0.15) is 0 Å². The van der Waals surface area contributed by atoms with Crippen molar-refractivity contribution in [1.82, 2.24) is 9.47 Å². The molecule has 1 aliphatic heterocycles. The zero-order chi connectivity index (χ0) is 16.9. The van der Waals surface area contributed by atoms with Crippen LogP contribution < -0.4 is 5.32 Å². The molecule has 1 fully saturated rings. The van der Waals surface area contributed by atoms with E-state index >= 15 is 0 Å². The van der Waals surface area contributed by atoms with Crippen LogP contribution in [0, 0.1) is 11.7 Å². The van der Waals surface area contributed by atoms with Crippen molar-refractivity contribution in [3.63, 3.8) is 0 Å². The summed E-state index contributed by atoms with van der Waals surface area (Å²) in [5, 5.41) is 2.86. The molecule has 2 heterocycles. The van der Waals surface area contributed by atoms with Gasteiger partial charge in [-0.3, -0.25) is 0 Å². The van der Waals surface area contributed by atoms with Gasteiger partial charge >= 0.3 is 6.03 Å². The van der Waals surface area contributed by atoms with Gasteiger partial charge in [0.1, 0.15) is 5.82 Å². The van der Waals surface area contributed by atoms with Crippen LogP contribution in [0.4, 0.5) is 14.9 Å². The molecule has 1 unspecified atom stereocenters. The largest absolute Gasteiger partial charge is 0.381 e. The quantitative estimate of drug-likeness (QED) is 0.911. The first-order valence-electron chi connectivity index (χ1n) is 8.24. The number of nitrogens with zero attached hydrogens (tertiary/aromatic N) is 2. The van der Waals surface area contributed by atoms with Crippen LogP contribution >= 0.6 is 0 Å². The number of hydrogen-bond acceptors (Lipinski definition) is 2. The number of halogens is 1. The molecule has 3 rings (SSSR count). The molecule has 1 aromatic carbocycles. The van der Waals surface area contributed by atoms with Gasteiger partial charge in [-0.15, -0.1) is 0 Å². The second-order valence-corrected chi connectivity index (χ2v) is 5.95. The van der Waals surface area contributed by atoms with Gasteiger partial charge in [-0.25, -0.2) is 9.18 Å². The van der Waals surface area contributed by atoms with Gasteiger partial charge in [0.15, 0.2) is 0 Å². The lowest BCUT2D eigenvalue weighted by atomic mass is 10.1. The Kier molecular flexibility index (Phi) is 5.15. The molecule has 6 heteroatoms. The van der Waals surface area contributed by atoms with Crippen molar-refractivity contribution >= 4 is 11.7 Å². The van der Waals surface area contributed by atoms with Gasteiger partial charge in [-0.1, -0.05) is 0 Å². The predicted molar refractivity (Wildman–Crippen MR) is 90.9 cm³/mol. The maximum atomic E-state index is 14.0. The fourth-order valence-corrected chi connectivity index (χ4v) is 2.92. The van der Waals surface area contributed by atoms with Crippen molar-refractivity contribution in [2.75, 3.05) is 31.6 Å². The normalized spacial score (nSPS) is 17.2. The van der Waals surface area contributed by atoms with Crippen molar-refractivity contribution < 1.29 is 13.9 Å². The van der Waals surface area contributed by atoms with Crippen LogP contribution in [-0.2, 0) is 4.74 Å².